The van der Waals surface area contributed by atoms with Gasteiger partial charge in [0.1, 0.15) is 20.9 Å². The van der Waals surface area contributed by atoms with Crippen LogP contribution >= 0.6 is 0 Å². The molecule has 8 nitrogen and oxygen atoms in total. The van der Waals surface area contributed by atoms with Crippen LogP contribution in [0.15, 0.2) is 11.2 Å². The number of halogens is 4. The Kier molecular flexibility index (Phi) is 7.87. The van der Waals surface area contributed by atoms with Crippen molar-refractivity contribution in [2.24, 2.45) is 5.11 Å². The second-order valence-electron chi connectivity index (χ2n) is 4.62. The van der Waals surface area contributed by atoms with Gasteiger partial charge < -0.3 is 5.32 Å². The number of amides is 2. The third kappa shape index (κ3) is 6.11. The summed E-state index contributed by atoms with van der Waals surface area (Å²) in [5.74, 6) is -5.60. The molecule has 0 atom stereocenters. The predicted octanol–water partition coefficient (Wildman–Crippen LogP) is 2.31. The van der Waals surface area contributed by atoms with Gasteiger partial charge in [0.2, 0.25) is 6.41 Å². The zero-order chi connectivity index (χ0) is 18.8. The van der Waals surface area contributed by atoms with Crippen molar-refractivity contribution in [3.63, 3.8) is 0 Å². The highest BCUT2D eigenvalue weighted by Gasteiger charge is 2.20. The van der Waals surface area contributed by atoms with Gasteiger partial charge in [0, 0.05) is 17.9 Å². The van der Waals surface area contributed by atoms with Gasteiger partial charge >= 0.3 is 0 Å². The molecule has 0 unspecified atom stereocenters. The van der Waals surface area contributed by atoms with Crippen molar-refractivity contribution in [1.82, 2.24) is 10.7 Å². The number of carbonyl (C=O) groups excluding carboxylic acids is 2. The minimum Gasteiger partial charge on any atom is -0.359 e. The van der Waals surface area contributed by atoms with Gasteiger partial charge in [-0.3, -0.25) is 9.59 Å². The first kappa shape index (κ1) is 19.9. The van der Waals surface area contributed by atoms with Gasteiger partial charge in [-0.1, -0.05) is 10.5 Å². The first-order valence-electron chi connectivity index (χ1n) is 6.89. The van der Waals surface area contributed by atoms with Crippen LogP contribution in [0.5, 0.6) is 0 Å². The quantitative estimate of drug-likeness (QED) is 0.0672. The molecular weight excluding hydrogens is 348 g/mol. The number of azide groups is 1. The molecular formula is C13H13F4N6O2+. The lowest BCUT2D eigenvalue weighted by Gasteiger charge is -2.02. The van der Waals surface area contributed by atoms with E-state index in [4.69, 9.17) is 5.53 Å². The van der Waals surface area contributed by atoms with Gasteiger partial charge in [-0.2, -0.15) is 0 Å². The van der Waals surface area contributed by atoms with E-state index in [9.17, 15) is 27.2 Å². The van der Waals surface area contributed by atoms with E-state index in [0.29, 0.717) is 38.1 Å². The zero-order valence-electron chi connectivity index (χ0n) is 12.7. The summed E-state index contributed by atoms with van der Waals surface area (Å²) >= 11 is 0. The highest BCUT2D eigenvalue weighted by atomic mass is 19.2. The molecule has 0 aromatic heterocycles. The number of unbranched alkanes of at least 4 members (excludes halogenated alkanes) is 1. The Morgan fingerprint density at radius 2 is 2.04 bits per heavy atom. The molecule has 0 fully saturated rings. The van der Waals surface area contributed by atoms with Crippen molar-refractivity contribution in [3.8, 4) is 0 Å². The monoisotopic (exact) mass is 361 g/mol. The number of nitrogens with zero attached hydrogens (tertiary/aromatic N) is 4. The Balaban J connectivity index is 2.77. The van der Waals surface area contributed by atoms with Gasteiger partial charge in [0.15, 0.2) is 11.6 Å². The van der Waals surface area contributed by atoms with Gasteiger partial charge in [-0.25, -0.2) is 13.2 Å². The summed E-state index contributed by atoms with van der Waals surface area (Å²) < 4.78 is 54.3. The molecule has 0 saturated carbocycles. The fraction of sp³-hybridized carbons (Fsp3) is 0.308. The van der Waals surface area contributed by atoms with Crippen LogP contribution in [0.1, 0.15) is 24.8 Å². The summed E-state index contributed by atoms with van der Waals surface area (Å²) in [5.41, 5.74) is 7.84. The molecule has 0 aliphatic heterocycles. The van der Waals surface area contributed by atoms with Crippen molar-refractivity contribution in [3.05, 3.63) is 39.5 Å². The van der Waals surface area contributed by atoms with Crippen molar-refractivity contribution < 1.29 is 32.1 Å². The third-order valence-corrected chi connectivity index (χ3v) is 2.85. The number of benzene rings is 1. The van der Waals surface area contributed by atoms with Crippen LogP contribution in [0.4, 0.5) is 23.3 Å². The fourth-order valence-corrected chi connectivity index (χ4v) is 1.74. The molecule has 0 radical (unpaired) electrons. The number of carbonyl (C=O) groups is 2. The molecule has 2 amide bonds. The molecule has 0 aliphatic rings. The molecule has 1 rings (SSSR count). The number of hydrogen-bond donors (Lipinski definition) is 2. The highest BCUT2D eigenvalue weighted by Crippen LogP contribution is 2.26. The first-order valence-corrected chi connectivity index (χ1v) is 6.89. The summed E-state index contributed by atoms with van der Waals surface area (Å²) in [4.78, 5) is 23.1. The lowest BCUT2D eigenvalue weighted by Crippen LogP contribution is -2.30. The van der Waals surface area contributed by atoms with Crippen LogP contribution in [0.3, 0.4) is 0 Å². The van der Waals surface area contributed by atoms with E-state index < -0.39 is 39.5 Å². The summed E-state index contributed by atoms with van der Waals surface area (Å²) in [6.45, 7) is 0.351. The SMILES string of the molecule is [N-]=[N+]=Nc1c(F)cc(C=[N+](F)NC(=O)CCCCNC=O)c(F)c1F. The Labute approximate surface area is 138 Å². The van der Waals surface area contributed by atoms with E-state index in [1.54, 1.807) is 5.43 Å². The van der Waals surface area contributed by atoms with E-state index in [0.717, 1.165) is 0 Å². The maximum atomic E-state index is 13.7. The molecule has 0 heterocycles. The standard InChI is InChI=1S/C13H12F4N6O2/c14-9-5-8(11(15)12(16)13(9)20-22-18)6-23(17)21-10(25)3-1-2-4-19-7-24/h5-7H,1-4H2,(H-,19,21,24,25)/p+1. The minimum atomic E-state index is -1.79. The molecule has 0 bridgehead atoms. The van der Waals surface area contributed by atoms with Crippen LogP contribution in [0.2, 0.25) is 0 Å². The maximum Gasteiger partial charge on any atom is 0.278 e. The van der Waals surface area contributed by atoms with Crippen LogP contribution in [0.25, 0.3) is 10.4 Å². The lowest BCUT2D eigenvalue weighted by molar-refractivity contribution is -0.741. The van der Waals surface area contributed by atoms with E-state index in [1.165, 1.54) is 0 Å². The van der Waals surface area contributed by atoms with Gasteiger partial charge in [0.05, 0.1) is 5.56 Å². The van der Waals surface area contributed by atoms with Crippen LogP contribution < -0.4 is 10.7 Å². The molecule has 0 aliphatic carbocycles. The van der Waals surface area contributed by atoms with E-state index in [1.807, 2.05) is 0 Å². The molecule has 1 aromatic rings. The Hall–Kier alpha value is -3.14. The van der Waals surface area contributed by atoms with Gasteiger partial charge in [-0.05, 0) is 24.4 Å². The smallest absolute Gasteiger partial charge is 0.278 e. The van der Waals surface area contributed by atoms with Crippen molar-refractivity contribution >= 4 is 24.2 Å². The first-order chi connectivity index (χ1) is 11.9. The van der Waals surface area contributed by atoms with Crippen LogP contribution in [-0.4, -0.2) is 30.0 Å². The topological polar surface area (TPSA) is 110 Å². The van der Waals surface area contributed by atoms with E-state index in [2.05, 4.69) is 15.3 Å². The van der Waals surface area contributed by atoms with E-state index in [-0.39, 0.29) is 6.42 Å². The van der Waals surface area contributed by atoms with Crippen molar-refractivity contribution in [2.75, 3.05) is 6.54 Å². The fourth-order valence-electron chi connectivity index (χ4n) is 1.74. The molecule has 0 spiro atoms. The number of rotatable bonds is 9. The number of hydrazone groups is 1. The summed E-state index contributed by atoms with van der Waals surface area (Å²) in [6, 6.07) is 0.409. The van der Waals surface area contributed by atoms with Crippen LogP contribution in [0, 0.1) is 17.5 Å². The number of hydrogen-bond acceptors (Lipinski definition) is 3. The normalized spacial score (nSPS) is 10.8. The van der Waals surface area contributed by atoms with Crippen LogP contribution in [-0.2, 0) is 9.59 Å². The Morgan fingerprint density at radius 3 is 2.68 bits per heavy atom. The molecule has 0 saturated heterocycles. The van der Waals surface area contributed by atoms with Crippen molar-refractivity contribution in [2.45, 2.75) is 19.3 Å². The average molecular weight is 361 g/mol. The summed E-state index contributed by atoms with van der Waals surface area (Å²) in [5, 5.41) is 5.04. The molecule has 25 heavy (non-hydrogen) atoms. The zero-order valence-corrected chi connectivity index (χ0v) is 12.7. The van der Waals surface area contributed by atoms with Gasteiger partial charge in [-0.15, -0.1) is 0 Å². The largest absolute Gasteiger partial charge is 0.359 e. The number of hydrazine groups is 1. The number of nitrogens with one attached hydrogen (secondary N) is 2. The predicted molar refractivity (Wildman–Crippen MR) is 77.7 cm³/mol. The Bertz CT molecular complexity index is 734. The maximum absolute atomic E-state index is 13.7. The highest BCUT2D eigenvalue weighted by molar-refractivity contribution is 5.79. The van der Waals surface area contributed by atoms with Gasteiger partial charge in [0.25, 0.3) is 12.1 Å². The summed E-state index contributed by atoms with van der Waals surface area (Å²) in [6.07, 6.45) is 1.55. The van der Waals surface area contributed by atoms with Crippen molar-refractivity contribution in [1.29, 1.82) is 0 Å². The average Bonchev–Trinajstić information content (AvgIpc) is 2.56. The van der Waals surface area contributed by atoms with E-state index >= 15 is 0 Å². The molecule has 134 valence electrons. The lowest BCUT2D eigenvalue weighted by atomic mass is 10.2. The summed E-state index contributed by atoms with van der Waals surface area (Å²) in [7, 11) is 0. The molecule has 12 heteroatoms. The molecule has 1 aromatic carbocycles. The second-order valence-corrected chi connectivity index (χ2v) is 4.62. The third-order valence-electron chi connectivity index (χ3n) is 2.85. The minimum absolute atomic E-state index is 0.0875. The molecule has 2 N–H and O–H groups in total. The second kappa shape index (κ2) is 9.88. The Morgan fingerprint density at radius 1 is 1.32 bits per heavy atom.